The lowest BCUT2D eigenvalue weighted by Crippen LogP contribution is -2.38. The van der Waals surface area contributed by atoms with Gasteiger partial charge in [-0.3, -0.25) is 9.59 Å². The van der Waals surface area contributed by atoms with Gasteiger partial charge in [0.1, 0.15) is 24.9 Å². The molecule has 8 aromatic rings. The molecule has 0 radical (unpaired) electrons. The largest absolute Gasteiger partial charge is 0.493 e. The summed E-state index contributed by atoms with van der Waals surface area (Å²) in [5.74, 6) is 5.13. The fourth-order valence-electron chi connectivity index (χ4n) is 8.46. The van der Waals surface area contributed by atoms with Crippen molar-refractivity contribution in [3.05, 3.63) is 184 Å². The second kappa shape index (κ2) is 23.9. The van der Waals surface area contributed by atoms with Gasteiger partial charge in [-0.15, -0.1) is 0 Å². The summed E-state index contributed by atoms with van der Waals surface area (Å²) in [6.07, 6.45) is 4.13. The number of likely N-dealkylation sites (tertiary alicyclic amines) is 1. The van der Waals surface area contributed by atoms with E-state index in [1.165, 1.54) is 26.0 Å². The van der Waals surface area contributed by atoms with Crippen LogP contribution in [0.15, 0.2) is 133 Å². The summed E-state index contributed by atoms with van der Waals surface area (Å²) in [5, 5.41) is 11.8. The molecule has 0 bridgehead atoms. The molecule has 0 atom stereocenters. The van der Waals surface area contributed by atoms with Gasteiger partial charge < -0.3 is 39.1 Å². The van der Waals surface area contributed by atoms with Crippen molar-refractivity contribution in [2.24, 2.45) is 0 Å². The van der Waals surface area contributed by atoms with E-state index in [0.717, 1.165) is 70.8 Å². The van der Waals surface area contributed by atoms with Gasteiger partial charge in [0.05, 0.1) is 54.5 Å². The van der Waals surface area contributed by atoms with Crippen LogP contribution in [0.3, 0.4) is 0 Å². The van der Waals surface area contributed by atoms with Gasteiger partial charge in [-0.25, -0.2) is 14.8 Å². The number of hydrogen-bond donors (Lipinski definition) is 3. The molecule has 1 amide bonds. The van der Waals surface area contributed by atoms with E-state index < -0.39 is 5.24 Å². The van der Waals surface area contributed by atoms with Crippen molar-refractivity contribution < 1.29 is 28.5 Å². The third kappa shape index (κ3) is 12.7. The molecule has 0 unspecified atom stereocenters. The number of nitriles is 1. The first-order chi connectivity index (χ1) is 34.7. The average molecular weight is 970 g/mol. The molecule has 14 nitrogen and oxygen atoms in total. The number of imidazole rings is 2. The standard InChI is InChI=1S/C28H26N4O3.C16H12ClNO3.C12H15N3/c1-34-26-16-22(10-11-25(26)35-18-20-8-6-19(17-29)7-9-20)28(33)32-14-12-21(13-15-32)27-30-23-4-2-3-5-24(23)31-27;1-18-13-6-3-11(4-7-13)10-21-14-8-5-12(16(17)19)9-15(14)20-2;1-2-4-11-10(3-1)14-12(15-11)9-5-7-13-8-6-9/h2-11,16,21H,12-15,18H2,1H3,(H,30,31);3-9H,10H2,2H3;1-4,9,13H,5-8H2,(H,14,15). The van der Waals surface area contributed by atoms with Crippen molar-refractivity contribution in [2.75, 3.05) is 40.4 Å². The molecule has 15 heteroatoms. The number of fused-ring (bicyclic) bond motifs is 2. The lowest BCUT2D eigenvalue weighted by Gasteiger charge is -2.31. The number of para-hydroxylation sites is 4. The fraction of sp³-hybridized carbons (Fsp3) is 0.250. The Morgan fingerprint density at radius 1 is 0.676 bits per heavy atom. The third-order valence-corrected chi connectivity index (χ3v) is 12.7. The van der Waals surface area contributed by atoms with Crippen molar-refractivity contribution in [3.63, 3.8) is 0 Å². The normalized spacial score (nSPS) is 13.7. The van der Waals surface area contributed by atoms with E-state index >= 15 is 0 Å². The number of carbonyl (C=O) groups is 2. The number of nitrogens with zero attached hydrogens (tertiary/aromatic N) is 5. The predicted molar refractivity (Wildman–Crippen MR) is 274 cm³/mol. The van der Waals surface area contributed by atoms with E-state index in [4.69, 9.17) is 47.4 Å². The molecule has 2 aliphatic rings. The summed E-state index contributed by atoms with van der Waals surface area (Å²) < 4.78 is 22.3. The van der Waals surface area contributed by atoms with Crippen LogP contribution in [0.4, 0.5) is 5.69 Å². The molecule has 10 rings (SSSR count). The van der Waals surface area contributed by atoms with Gasteiger partial charge in [0, 0.05) is 36.1 Å². The Labute approximate surface area is 417 Å². The number of hydrogen-bond acceptors (Lipinski definition) is 10. The van der Waals surface area contributed by atoms with Gasteiger partial charge in [-0.05, 0) is 134 Å². The highest BCUT2D eigenvalue weighted by molar-refractivity contribution is 6.67. The molecule has 2 aliphatic heterocycles. The number of rotatable bonds is 12. The molecule has 71 heavy (non-hydrogen) atoms. The van der Waals surface area contributed by atoms with Crippen LogP contribution < -0.4 is 24.3 Å². The Morgan fingerprint density at radius 3 is 1.66 bits per heavy atom. The molecule has 0 aliphatic carbocycles. The van der Waals surface area contributed by atoms with Crippen LogP contribution in [0.5, 0.6) is 23.0 Å². The predicted octanol–water partition coefficient (Wildman–Crippen LogP) is 11.3. The SMILES string of the molecule is COc1cc(C(=O)N2CCC(c3nc4ccccc4[nH]3)CC2)ccc1OCc1ccc(C#N)cc1.[C-]#[N+]c1ccc(COc2ccc(C(=O)Cl)cc2OC)cc1.c1ccc2[nH]c(C3CCNCC3)nc2c1. The number of nitrogens with one attached hydrogen (secondary N) is 3. The van der Waals surface area contributed by atoms with Gasteiger partial charge in [0.2, 0.25) is 0 Å². The van der Waals surface area contributed by atoms with Crippen molar-refractivity contribution in [1.82, 2.24) is 30.2 Å². The van der Waals surface area contributed by atoms with Gasteiger partial charge in [0.15, 0.2) is 28.7 Å². The molecule has 4 heterocycles. The topological polar surface area (TPSA) is 172 Å². The monoisotopic (exact) mass is 968 g/mol. The number of amides is 1. The second-order valence-corrected chi connectivity index (χ2v) is 17.4. The molecular weight excluding hydrogens is 916 g/mol. The fourth-order valence-corrected chi connectivity index (χ4v) is 8.58. The van der Waals surface area contributed by atoms with Gasteiger partial charge >= 0.3 is 0 Å². The van der Waals surface area contributed by atoms with E-state index in [9.17, 15) is 9.59 Å². The second-order valence-electron chi connectivity index (χ2n) is 17.0. The number of carbonyl (C=O) groups excluding carboxylic acids is 2. The minimum absolute atomic E-state index is 0.00926. The van der Waals surface area contributed by atoms with Crippen molar-refractivity contribution in [3.8, 4) is 29.1 Å². The number of aromatic nitrogens is 4. The molecule has 6 aromatic carbocycles. The molecule has 0 saturated carbocycles. The van der Waals surface area contributed by atoms with Crippen molar-refractivity contribution >= 4 is 50.5 Å². The van der Waals surface area contributed by atoms with Gasteiger partial charge in [0.25, 0.3) is 11.1 Å². The van der Waals surface area contributed by atoms with Crippen LogP contribution in [0, 0.1) is 17.9 Å². The van der Waals surface area contributed by atoms with Crippen LogP contribution >= 0.6 is 11.6 Å². The summed E-state index contributed by atoms with van der Waals surface area (Å²) in [6, 6.07) is 42.8. The van der Waals surface area contributed by atoms with E-state index in [0.29, 0.717) is 83.5 Å². The maximum absolute atomic E-state index is 13.2. The first-order valence-electron chi connectivity index (χ1n) is 23.4. The summed E-state index contributed by atoms with van der Waals surface area (Å²) in [5.41, 5.74) is 8.27. The number of aromatic amines is 2. The highest BCUT2D eigenvalue weighted by Crippen LogP contribution is 2.33. The first-order valence-corrected chi connectivity index (χ1v) is 23.8. The number of ether oxygens (including phenoxy) is 4. The summed E-state index contributed by atoms with van der Waals surface area (Å²) >= 11 is 5.43. The minimum Gasteiger partial charge on any atom is -0.493 e. The van der Waals surface area contributed by atoms with Crippen LogP contribution in [0.2, 0.25) is 0 Å². The molecule has 2 aromatic heterocycles. The summed E-state index contributed by atoms with van der Waals surface area (Å²) in [7, 11) is 3.06. The van der Waals surface area contributed by atoms with Crippen LogP contribution in [0.25, 0.3) is 26.9 Å². The van der Waals surface area contributed by atoms with Gasteiger partial charge in [-0.1, -0.05) is 60.7 Å². The highest BCUT2D eigenvalue weighted by Gasteiger charge is 2.27. The third-order valence-electron chi connectivity index (χ3n) is 12.4. The number of benzene rings is 6. The zero-order valence-electron chi connectivity index (χ0n) is 39.5. The first kappa shape index (κ1) is 49.3. The average Bonchev–Trinajstić information content (AvgIpc) is 4.08. The minimum atomic E-state index is -0.547. The molecule has 0 spiro atoms. The molecule has 2 saturated heterocycles. The van der Waals surface area contributed by atoms with Crippen LogP contribution in [0.1, 0.15) is 86.6 Å². The molecule has 2 fully saturated rings. The summed E-state index contributed by atoms with van der Waals surface area (Å²) in [6.45, 7) is 11.2. The Hall–Kier alpha value is -8.17. The Kier molecular flexibility index (Phi) is 16.6. The van der Waals surface area contributed by atoms with Gasteiger partial charge in [-0.2, -0.15) is 5.26 Å². The maximum atomic E-state index is 13.2. The lowest BCUT2D eigenvalue weighted by atomic mass is 9.95. The van der Waals surface area contributed by atoms with Crippen LogP contribution in [-0.2, 0) is 13.2 Å². The molecule has 360 valence electrons. The molecule has 3 N–H and O–H groups in total. The highest BCUT2D eigenvalue weighted by atomic mass is 35.5. The van der Waals surface area contributed by atoms with Crippen LogP contribution in [-0.4, -0.2) is 76.4 Å². The van der Waals surface area contributed by atoms with E-state index in [1.807, 2.05) is 65.6 Å². The number of piperidine rings is 2. The number of halogens is 1. The maximum Gasteiger partial charge on any atom is 0.253 e. The summed E-state index contributed by atoms with van der Waals surface area (Å²) in [4.78, 5) is 45.8. The Balaban J connectivity index is 0.000000158. The van der Waals surface area contributed by atoms with E-state index in [-0.39, 0.29) is 5.91 Å². The van der Waals surface area contributed by atoms with Crippen molar-refractivity contribution in [1.29, 1.82) is 5.26 Å². The number of methoxy groups -OCH3 is 2. The van der Waals surface area contributed by atoms with Crippen molar-refractivity contribution in [2.45, 2.75) is 50.7 Å². The lowest BCUT2D eigenvalue weighted by molar-refractivity contribution is 0.0710. The number of H-pyrrole nitrogens is 2. The Bertz CT molecular complexity index is 3100. The van der Waals surface area contributed by atoms with E-state index in [2.05, 4.69) is 43.3 Å². The Morgan fingerprint density at radius 2 is 1.17 bits per heavy atom. The quantitative estimate of drug-likeness (QED) is 0.0790. The molecular formula is C56H53ClN8O6. The zero-order valence-corrected chi connectivity index (χ0v) is 40.2. The van der Waals surface area contributed by atoms with E-state index in [1.54, 1.807) is 61.7 Å². The zero-order chi connectivity index (χ0) is 49.5. The smallest absolute Gasteiger partial charge is 0.253 e.